The Morgan fingerprint density at radius 1 is 0.333 bits per heavy atom. The van der Waals surface area contributed by atoms with Gasteiger partial charge in [0.25, 0.3) is 0 Å². The fourth-order valence-corrected chi connectivity index (χ4v) is 9.45. The van der Waals surface area contributed by atoms with Crippen LogP contribution < -0.4 is 31.9 Å². The molecule has 5 fully saturated rings. The zero-order chi connectivity index (χ0) is 50.4. The molecule has 0 unspecified atom stereocenters. The van der Waals surface area contributed by atoms with Crippen LogP contribution in [0.25, 0.3) is 0 Å². The monoisotopic (exact) mass is 1090 g/mol. The Hall–Kier alpha value is -3.08. The lowest BCUT2D eigenvalue weighted by molar-refractivity contribution is 0.139. The molecule has 434 valence electrons. The Morgan fingerprint density at radius 3 is 0.773 bits per heavy atom. The second kappa shape index (κ2) is 38.5. The van der Waals surface area contributed by atoms with Crippen molar-refractivity contribution >= 4 is 24.8 Å². The standard InChI is InChI=1S/2C13H19FN2.2C13H20N2.C6H14N2.3CH4.2ClH.3H2/c2*1-10-8-16(11(2)7-15-10)9-12-3-5-13(14)6-4-12;2*1-11-9-15(12(2)8-14-11)10-13-6-4-3-5-7-13;1-5-3-8-6(2)4-7-5;;;;;;;;/h2*3-6,10-11,15H,7-9H2,1-2H3;2*3-7,11-12,14H,8-10H2,1-2H3;5-8H,3-4H2,1-2H3;3*1H4;5*1H/t2*10-,11+;2*11-,12+;5-,6+;;;;;;;;/m1111........./s1. The van der Waals surface area contributed by atoms with Gasteiger partial charge >= 0.3 is 0 Å². The molecule has 0 bridgehead atoms. The first-order valence-electron chi connectivity index (χ1n) is 26.5. The molecule has 10 atom stereocenters. The largest absolute Gasteiger partial charge is 0.311 e. The zero-order valence-corrected chi connectivity index (χ0v) is 47.1. The first-order chi connectivity index (χ1) is 33.6. The average Bonchev–Trinajstić information content (AvgIpc) is 3.35. The summed E-state index contributed by atoms with van der Waals surface area (Å²) in [6, 6.07) is 41.1. The number of hydrogen-bond donors (Lipinski definition) is 6. The molecule has 0 aliphatic carbocycles. The zero-order valence-electron chi connectivity index (χ0n) is 45.4. The Labute approximate surface area is 474 Å². The van der Waals surface area contributed by atoms with Crippen molar-refractivity contribution in [1.29, 1.82) is 0 Å². The Kier molecular flexibility index (Phi) is 36.9. The van der Waals surface area contributed by atoms with Gasteiger partial charge in [-0.05, 0) is 116 Å². The molecule has 75 heavy (non-hydrogen) atoms. The van der Waals surface area contributed by atoms with Crippen LogP contribution in [-0.4, -0.2) is 145 Å². The number of nitrogens with one attached hydrogen (secondary N) is 6. The van der Waals surface area contributed by atoms with Gasteiger partial charge in [0.15, 0.2) is 0 Å². The number of hydrogen-bond acceptors (Lipinski definition) is 10. The fourth-order valence-electron chi connectivity index (χ4n) is 9.45. The maximum atomic E-state index is 12.8. The molecule has 0 saturated carbocycles. The predicted octanol–water partition coefficient (Wildman–Crippen LogP) is 11.2. The van der Waals surface area contributed by atoms with Crippen molar-refractivity contribution in [3.8, 4) is 0 Å². The smallest absolute Gasteiger partial charge is 0.123 e. The van der Waals surface area contributed by atoms with Gasteiger partial charge in [-0.3, -0.25) is 19.6 Å². The van der Waals surface area contributed by atoms with Crippen molar-refractivity contribution in [2.24, 2.45) is 0 Å². The van der Waals surface area contributed by atoms with Crippen LogP contribution in [0.5, 0.6) is 0 Å². The summed E-state index contributed by atoms with van der Waals surface area (Å²) in [6.07, 6.45) is 0. The van der Waals surface area contributed by atoms with Crippen LogP contribution in [0.3, 0.4) is 0 Å². The van der Waals surface area contributed by atoms with E-state index in [-0.39, 0.29) is 63.0 Å². The minimum Gasteiger partial charge on any atom is -0.311 e. The van der Waals surface area contributed by atoms with Gasteiger partial charge in [0.2, 0.25) is 0 Å². The molecule has 4 aromatic carbocycles. The van der Waals surface area contributed by atoms with Crippen molar-refractivity contribution in [3.05, 3.63) is 143 Å². The van der Waals surface area contributed by atoms with Crippen molar-refractivity contribution in [2.45, 2.75) is 178 Å². The van der Waals surface area contributed by atoms with Gasteiger partial charge < -0.3 is 31.9 Å². The second-order valence-electron chi connectivity index (χ2n) is 21.2. The Morgan fingerprint density at radius 2 is 0.547 bits per heavy atom. The average molecular weight is 1090 g/mol. The summed E-state index contributed by atoms with van der Waals surface area (Å²) < 4.78 is 25.6. The highest BCUT2D eigenvalue weighted by atomic mass is 35.5. The first kappa shape index (κ1) is 71.9. The van der Waals surface area contributed by atoms with Gasteiger partial charge in [-0.15, -0.1) is 24.8 Å². The van der Waals surface area contributed by atoms with E-state index in [4.69, 9.17) is 0 Å². The van der Waals surface area contributed by atoms with E-state index in [1.54, 1.807) is 0 Å². The van der Waals surface area contributed by atoms with E-state index in [0.717, 1.165) is 91.6 Å². The lowest BCUT2D eigenvalue weighted by Gasteiger charge is -2.37. The molecule has 0 aromatic heterocycles. The topological polar surface area (TPSA) is 85.1 Å². The highest BCUT2D eigenvalue weighted by molar-refractivity contribution is 5.85. The van der Waals surface area contributed by atoms with E-state index in [0.29, 0.717) is 60.4 Å². The number of benzene rings is 4. The van der Waals surface area contributed by atoms with Crippen LogP contribution in [0.15, 0.2) is 109 Å². The molecule has 0 amide bonds. The number of piperazine rings is 5. The summed E-state index contributed by atoms with van der Waals surface area (Å²) in [5, 5.41) is 20.7. The summed E-state index contributed by atoms with van der Waals surface area (Å²) in [4.78, 5) is 9.98. The second-order valence-corrected chi connectivity index (χ2v) is 21.2. The molecule has 5 aliphatic heterocycles. The summed E-state index contributed by atoms with van der Waals surface area (Å²) in [6.45, 7) is 37.2. The van der Waals surface area contributed by atoms with E-state index in [1.165, 1.54) is 46.5 Å². The predicted molar refractivity (Wildman–Crippen MR) is 331 cm³/mol. The maximum absolute atomic E-state index is 12.8. The quantitative estimate of drug-likeness (QED) is 0.103. The van der Waals surface area contributed by atoms with E-state index >= 15 is 0 Å². The summed E-state index contributed by atoms with van der Waals surface area (Å²) in [7, 11) is 0. The number of nitrogens with zero attached hydrogens (tertiary/aromatic N) is 4. The van der Waals surface area contributed by atoms with Crippen LogP contribution >= 0.6 is 24.8 Å². The van der Waals surface area contributed by atoms with Crippen LogP contribution in [0.1, 0.15) is 118 Å². The van der Waals surface area contributed by atoms with E-state index in [9.17, 15) is 8.78 Å². The van der Waals surface area contributed by atoms with Gasteiger partial charge in [0.1, 0.15) is 11.6 Å². The number of halogens is 4. The molecule has 14 heteroatoms. The molecule has 0 radical (unpaired) electrons. The van der Waals surface area contributed by atoms with Crippen LogP contribution in [0.2, 0.25) is 0 Å². The lowest BCUT2D eigenvalue weighted by atomic mass is 10.1. The molecule has 0 spiro atoms. The molecule has 9 rings (SSSR count). The van der Waals surface area contributed by atoms with Crippen LogP contribution in [0, 0.1) is 11.6 Å². The van der Waals surface area contributed by atoms with Gasteiger partial charge in [-0.2, -0.15) is 0 Å². The van der Waals surface area contributed by atoms with Crippen molar-refractivity contribution in [1.82, 2.24) is 51.5 Å². The molecular formula is C61H112Cl2F2N10. The van der Waals surface area contributed by atoms with Gasteiger partial charge in [0.05, 0.1) is 0 Å². The first-order valence-corrected chi connectivity index (χ1v) is 26.5. The van der Waals surface area contributed by atoms with Crippen molar-refractivity contribution in [2.75, 3.05) is 65.4 Å². The Bertz CT molecular complexity index is 1860. The molecule has 10 nitrogen and oxygen atoms in total. The summed E-state index contributed by atoms with van der Waals surface area (Å²) >= 11 is 0. The highest BCUT2D eigenvalue weighted by Crippen LogP contribution is 2.16. The van der Waals surface area contributed by atoms with Crippen molar-refractivity contribution in [3.63, 3.8) is 0 Å². The number of rotatable bonds is 8. The fraction of sp³-hybridized carbons (Fsp3) is 0.607. The third-order valence-electron chi connectivity index (χ3n) is 14.2. The molecule has 5 heterocycles. The van der Waals surface area contributed by atoms with Crippen molar-refractivity contribution < 1.29 is 13.1 Å². The van der Waals surface area contributed by atoms with E-state index in [2.05, 4.69) is 181 Å². The highest BCUT2D eigenvalue weighted by Gasteiger charge is 2.25. The SMILES string of the molecule is C.C.C.C[C@@H]1CN(Cc2ccc(F)cc2)[C@@H](C)CN1.C[C@@H]1CN(Cc2ccc(F)cc2)[C@@H](C)CN1.C[C@@H]1CN(Cc2ccccc2)[C@@H](C)CN1.C[C@@H]1CN(Cc2ccccc2)[C@@H](C)CN1.C[C@@H]1CN[C@@H](C)CN1.Cl.Cl.[HH].[HH].[HH]. The third kappa shape index (κ3) is 27.4. The summed E-state index contributed by atoms with van der Waals surface area (Å²) in [5.41, 5.74) is 5.20. The minimum absolute atomic E-state index is 0. The lowest BCUT2D eigenvalue weighted by Crippen LogP contribution is -2.53. The van der Waals surface area contributed by atoms with Gasteiger partial charge in [-0.1, -0.05) is 107 Å². The normalized spacial score (nSPS) is 26.9. The molecular weight excluding hydrogens is 982 g/mol. The van der Waals surface area contributed by atoms with Crippen LogP contribution in [-0.2, 0) is 26.2 Å². The molecule has 5 saturated heterocycles. The van der Waals surface area contributed by atoms with Gasteiger partial charge in [-0.25, -0.2) is 8.78 Å². The molecule has 5 aliphatic rings. The molecule has 4 aromatic rings. The van der Waals surface area contributed by atoms with E-state index < -0.39 is 0 Å². The third-order valence-corrected chi connectivity index (χ3v) is 14.2. The summed E-state index contributed by atoms with van der Waals surface area (Å²) in [5.74, 6) is -0.323. The maximum Gasteiger partial charge on any atom is 0.123 e. The molecule has 6 N–H and O–H groups in total. The van der Waals surface area contributed by atoms with Gasteiger partial charge in [0, 0.05) is 156 Å². The minimum atomic E-state index is -0.162. The Balaban J connectivity index is -0.000000433. The van der Waals surface area contributed by atoms with E-state index in [1.807, 2.05) is 24.3 Å². The van der Waals surface area contributed by atoms with Crippen LogP contribution in [0.4, 0.5) is 8.78 Å².